The molecule has 1 aliphatic heterocycles. The molecule has 1 amide bonds. The van der Waals surface area contributed by atoms with Crippen molar-refractivity contribution in [1.29, 1.82) is 0 Å². The van der Waals surface area contributed by atoms with Crippen molar-refractivity contribution in [3.63, 3.8) is 0 Å². The van der Waals surface area contributed by atoms with Gasteiger partial charge in [0.1, 0.15) is 5.82 Å². The van der Waals surface area contributed by atoms with E-state index in [0.717, 1.165) is 56.0 Å². The van der Waals surface area contributed by atoms with Crippen molar-refractivity contribution < 1.29 is 4.79 Å². The largest absolute Gasteiger partial charge is 0.333 e. The lowest BCUT2D eigenvalue weighted by Crippen LogP contribution is -2.35. The summed E-state index contributed by atoms with van der Waals surface area (Å²) in [5.41, 5.74) is 3.39. The summed E-state index contributed by atoms with van der Waals surface area (Å²) in [5, 5.41) is 4.46. The van der Waals surface area contributed by atoms with Gasteiger partial charge in [0.05, 0.1) is 11.7 Å². The normalized spacial score (nSPS) is 17.4. The van der Waals surface area contributed by atoms with Gasteiger partial charge in [-0.1, -0.05) is 13.3 Å². The molecular formula is C19H29N5O. The van der Waals surface area contributed by atoms with Crippen LogP contribution in [0, 0.1) is 13.8 Å². The molecule has 0 bridgehead atoms. The highest BCUT2D eigenvalue weighted by Crippen LogP contribution is 2.29. The first-order valence-corrected chi connectivity index (χ1v) is 9.32. The molecule has 0 aromatic carbocycles. The van der Waals surface area contributed by atoms with E-state index in [-0.39, 0.29) is 11.9 Å². The highest BCUT2D eigenvalue weighted by atomic mass is 16.2. The van der Waals surface area contributed by atoms with Gasteiger partial charge in [-0.2, -0.15) is 5.10 Å². The van der Waals surface area contributed by atoms with Crippen LogP contribution in [-0.2, 0) is 24.8 Å². The fraction of sp³-hybridized carbons (Fsp3) is 0.632. The van der Waals surface area contributed by atoms with Crippen LogP contribution in [0.15, 0.2) is 12.4 Å². The van der Waals surface area contributed by atoms with Crippen LogP contribution in [0.25, 0.3) is 0 Å². The topological polar surface area (TPSA) is 56.0 Å². The van der Waals surface area contributed by atoms with Gasteiger partial charge in [-0.3, -0.25) is 9.48 Å². The molecule has 1 atom stereocenters. The molecule has 0 spiro atoms. The summed E-state index contributed by atoms with van der Waals surface area (Å²) in [6, 6.07) is 0.103. The number of imidazole rings is 1. The maximum absolute atomic E-state index is 13.0. The van der Waals surface area contributed by atoms with E-state index in [0.29, 0.717) is 6.42 Å². The lowest BCUT2D eigenvalue weighted by atomic mass is 10.1. The Balaban J connectivity index is 1.75. The Kier molecular flexibility index (Phi) is 5.25. The average Bonchev–Trinajstić information content (AvgIpc) is 3.08. The van der Waals surface area contributed by atoms with Gasteiger partial charge in [0, 0.05) is 44.6 Å². The van der Waals surface area contributed by atoms with E-state index in [1.54, 1.807) is 0 Å². The van der Waals surface area contributed by atoms with Crippen LogP contribution in [-0.4, -0.2) is 36.7 Å². The van der Waals surface area contributed by atoms with Crippen molar-refractivity contribution in [2.24, 2.45) is 7.05 Å². The average molecular weight is 343 g/mol. The lowest BCUT2D eigenvalue weighted by Gasteiger charge is -2.29. The van der Waals surface area contributed by atoms with Crippen LogP contribution in [0.3, 0.4) is 0 Å². The van der Waals surface area contributed by atoms with Gasteiger partial charge in [-0.25, -0.2) is 4.98 Å². The summed E-state index contributed by atoms with van der Waals surface area (Å²) >= 11 is 0. The van der Waals surface area contributed by atoms with Crippen LogP contribution in [0.2, 0.25) is 0 Å². The van der Waals surface area contributed by atoms with E-state index in [4.69, 9.17) is 0 Å². The van der Waals surface area contributed by atoms with E-state index in [2.05, 4.69) is 33.4 Å². The third-order valence-electron chi connectivity index (χ3n) is 5.35. The number of amides is 1. The van der Waals surface area contributed by atoms with E-state index < -0.39 is 0 Å². The van der Waals surface area contributed by atoms with Crippen molar-refractivity contribution in [2.75, 3.05) is 6.54 Å². The van der Waals surface area contributed by atoms with E-state index in [1.165, 1.54) is 5.56 Å². The predicted octanol–water partition coefficient (Wildman–Crippen LogP) is 2.94. The second kappa shape index (κ2) is 7.42. The zero-order chi connectivity index (χ0) is 18.0. The van der Waals surface area contributed by atoms with E-state index in [9.17, 15) is 4.79 Å². The van der Waals surface area contributed by atoms with Gasteiger partial charge >= 0.3 is 0 Å². The Morgan fingerprint density at radius 1 is 1.32 bits per heavy atom. The second-order valence-corrected chi connectivity index (χ2v) is 7.00. The second-order valence-electron chi connectivity index (χ2n) is 7.00. The first-order valence-electron chi connectivity index (χ1n) is 9.32. The summed E-state index contributed by atoms with van der Waals surface area (Å²) < 4.78 is 4.11. The number of fused-ring (bicyclic) bond motifs is 1. The van der Waals surface area contributed by atoms with Gasteiger partial charge in [0.2, 0.25) is 5.91 Å². The maximum atomic E-state index is 13.0. The SMILES string of the molecule is CCCC1c2nccn2CCCN1C(=O)CCc1c(C)nn(C)c1C. The van der Waals surface area contributed by atoms with Gasteiger partial charge in [0.25, 0.3) is 0 Å². The minimum Gasteiger partial charge on any atom is -0.333 e. The first kappa shape index (κ1) is 17.7. The van der Waals surface area contributed by atoms with Crippen LogP contribution >= 0.6 is 0 Å². The lowest BCUT2D eigenvalue weighted by molar-refractivity contribution is -0.133. The monoisotopic (exact) mass is 343 g/mol. The fourth-order valence-electron chi connectivity index (χ4n) is 3.93. The Bertz CT molecular complexity index is 745. The third kappa shape index (κ3) is 3.48. The van der Waals surface area contributed by atoms with Gasteiger partial charge < -0.3 is 9.47 Å². The molecule has 136 valence electrons. The van der Waals surface area contributed by atoms with Gasteiger partial charge in [0.15, 0.2) is 0 Å². The standard InChI is InChI=1S/C19H29N5O/c1-5-7-17-19-20-10-13-23(19)11-6-12-24(17)18(25)9-8-16-14(2)21-22(4)15(16)3/h10,13,17H,5-9,11-12H2,1-4H3. The highest BCUT2D eigenvalue weighted by Gasteiger charge is 2.29. The Morgan fingerprint density at radius 2 is 2.12 bits per heavy atom. The summed E-state index contributed by atoms with van der Waals surface area (Å²) in [7, 11) is 1.96. The number of aryl methyl sites for hydroxylation is 3. The maximum Gasteiger partial charge on any atom is 0.223 e. The van der Waals surface area contributed by atoms with E-state index >= 15 is 0 Å². The number of hydrogen-bond donors (Lipinski definition) is 0. The number of hydrogen-bond acceptors (Lipinski definition) is 3. The highest BCUT2D eigenvalue weighted by molar-refractivity contribution is 5.77. The zero-order valence-corrected chi connectivity index (χ0v) is 15.8. The smallest absolute Gasteiger partial charge is 0.223 e. The first-order chi connectivity index (χ1) is 12.0. The number of rotatable bonds is 5. The van der Waals surface area contributed by atoms with Gasteiger partial charge in [-0.05, 0) is 38.7 Å². The minimum atomic E-state index is 0.103. The molecule has 3 rings (SSSR count). The molecule has 0 aliphatic carbocycles. The summed E-state index contributed by atoms with van der Waals surface area (Å²) in [6.07, 6.45) is 8.18. The third-order valence-corrected chi connectivity index (χ3v) is 5.35. The molecule has 0 radical (unpaired) electrons. The number of nitrogens with zero attached hydrogens (tertiary/aromatic N) is 5. The summed E-state index contributed by atoms with van der Waals surface area (Å²) in [6.45, 7) is 8.03. The molecule has 6 heteroatoms. The molecular weight excluding hydrogens is 314 g/mol. The number of carbonyl (C=O) groups is 1. The predicted molar refractivity (Wildman–Crippen MR) is 97.2 cm³/mol. The molecule has 1 unspecified atom stereocenters. The van der Waals surface area contributed by atoms with Crippen LogP contribution in [0.4, 0.5) is 0 Å². The van der Waals surface area contributed by atoms with Gasteiger partial charge in [-0.15, -0.1) is 0 Å². The molecule has 0 saturated carbocycles. The van der Waals surface area contributed by atoms with Crippen molar-refractivity contribution >= 4 is 5.91 Å². The van der Waals surface area contributed by atoms with Crippen LogP contribution in [0.5, 0.6) is 0 Å². The molecule has 1 aliphatic rings. The molecule has 0 saturated heterocycles. The summed E-state index contributed by atoms with van der Waals surface area (Å²) in [5.74, 6) is 1.28. The van der Waals surface area contributed by atoms with Crippen molar-refractivity contribution in [3.8, 4) is 0 Å². The fourth-order valence-corrected chi connectivity index (χ4v) is 3.93. The zero-order valence-electron chi connectivity index (χ0n) is 15.8. The van der Waals surface area contributed by atoms with Crippen molar-refractivity contribution in [3.05, 3.63) is 35.2 Å². The Hall–Kier alpha value is -2.11. The minimum absolute atomic E-state index is 0.103. The summed E-state index contributed by atoms with van der Waals surface area (Å²) in [4.78, 5) is 19.7. The molecule has 0 N–H and O–H groups in total. The molecule has 2 aromatic rings. The van der Waals surface area contributed by atoms with E-state index in [1.807, 2.05) is 31.0 Å². The molecule has 3 heterocycles. The molecule has 0 fully saturated rings. The molecule has 25 heavy (non-hydrogen) atoms. The number of carbonyl (C=O) groups excluding carboxylic acids is 1. The molecule has 6 nitrogen and oxygen atoms in total. The quantitative estimate of drug-likeness (QED) is 0.839. The number of aromatic nitrogens is 4. The van der Waals surface area contributed by atoms with Crippen molar-refractivity contribution in [2.45, 2.75) is 65.5 Å². The van der Waals surface area contributed by atoms with Crippen LogP contribution < -0.4 is 0 Å². The molecule has 2 aromatic heterocycles. The Morgan fingerprint density at radius 3 is 2.80 bits per heavy atom. The Labute approximate surface area is 149 Å². The van der Waals surface area contributed by atoms with Crippen molar-refractivity contribution in [1.82, 2.24) is 24.2 Å². The van der Waals surface area contributed by atoms with Crippen LogP contribution in [0.1, 0.15) is 61.4 Å².